The summed E-state index contributed by atoms with van der Waals surface area (Å²) >= 11 is 0. The van der Waals surface area contributed by atoms with Crippen LogP contribution in [0.1, 0.15) is 5.56 Å². The van der Waals surface area contributed by atoms with Gasteiger partial charge in [-0.3, -0.25) is 4.21 Å². The second kappa shape index (κ2) is 4.89. The molecule has 1 aromatic carbocycles. The van der Waals surface area contributed by atoms with Crippen molar-refractivity contribution in [3.05, 3.63) is 29.8 Å². The summed E-state index contributed by atoms with van der Waals surface area (Å²) in [5.74, 6) is -0.0282. The van der Waals surface area contributed by atoms with Gasteiger partial charge < -0.3 is 5.11 Å². The molecule has 0 aromatic heterocycles. The van der Waals surface area contributed by atoms with E-state index in [2.05, 4.69) is 0 Å². The molecular weight excluding hydrogens is 198 g/mol. The van der Waals surface area contributed by atoms with Gasteiger partial charge in [-0.05, 0) is 19.1 Å². The lowest BCUT2D eigenvalue weighted by Gasteiger charge is -2.02. The number of aliphatic hydroxyl groups is 1. The Morgan fingerprint density at radius 2 is 2.07 bits per heavy atom. The van der Waals surface area contributed by atoms with Gasteiger partial charge in [-0.1, -0.05) is 17.7 Å². The van der Waals surface area contributed by atoms with E-state index < -0.39 is 16.9 Å². The molecule has 1 unspecified atom stereocenters. The average Bonchev–Trinajstić information content (AvgIpc) is 2.18. The lowest BCUT2D eigenvalue weighted by atomic mass is 10.2. The van der Waals surface area contributed by atoms with Crippen LogP contribution >= 0.6 is 0 Å². The Balaban J connectivity index is 2.71. The predicted molar refractivity (Wildman–Crippen MR) is 54.1 cm³/mol. The summed E-state index contributed by atoms with van der Waals surface area (Å²) in [6, 6.07) is 8.84. The molecule has 0 amide bonds. The van der Waals surface area contributed by atoms with Crippen LogP contribution in [0.15, 0.2) is 29.2 Å². The van der Waals surface area contributed by atoms with E-state index in [1.54, 1.807) is 18.2 Å². The highest BCUT2D eigenvalue weighted by atomic mass is 32.2. The number of nitrogens with zero attached hydrogens (tertiary/aromatic N) is 1. The number of hydrogen-bond acceptors (Lipinski definition) is 3. The SMILES string of the molecule is Cc1ccc(S(=O)C[C@@H](O)C#N)cc1. The van der Waals surface area contributed by atoms with Crippen molar-refractivity contribution in [2.24, 2.45) is 0 Å². The van der Waals surface area contributed by atoms with Crippen LogP contribution in [0.2, 0.25) is 0 Å². The average molecular weight is 209 g/mol. The Kier molecular flexibility index (Phi) is 3.81. The lowest BCUT2D eigenvalue weighted by molar-refractivity contribution is 0.254. The van der Waals surface area contributed by atoms with Crippen molar-refractivity contribution >= 4 is 10.8 Å². The molecule has 0 bridgehead atoms. The van der Waals surface area contributed by atoms with Crippen molar-refractivity contribution in [2.45, 2.75) is 17.9 Å². The molecule has 4 heteroatoms. The van der Waals surface area contributed by atoms with Crippen LogP contribution in [0.3, 0.4) is 0 Å². The maximum absolute atomic E-state index is 11.5. The van der Waals surface area contributed by atoms with E-state index in [4.69, 9.17) is 10.4 Å². The molecule has 1 N–H and O–H groups in total. The van der Waals surface area contributed by atoms with Gasteiger partial charge in [0.1, 0.15) is 0 Å². The van der Waals surface area contributed by atoms with Crippen molar-refractivity contribution in [3.63, 3.8) is 0 Å². The summed E-state index contributed by atoms with van der Waals surface area (Å²) in [5.41, 5.74) is 1.09. The molecule has 1 aromatic rings. The fourth-order valence-corrected chi connectivity index (χ4v) is 1.96. The maximum Gasteiger partial charge on any atom is 0.152 e. The Morgan fingerprint density at radius 3 is 2.57 bits per heavy atom. The number of rotatable bonds is 3. The van der Waals surface area contributed by atoms with Crippen LogP contribution < -0.4 is 0 Å². The zero-order valence-electron chi connectivity index (χ0n) is 7.80. The Labute approximate surface area is 85.5 Å². The first-order valence-electron chi connectivity index (χ1n) is 4.16. The fourth-order valence-electron chi connectivity index (χ4n) is 0.967. The second-order valence-corrected chi connectivity index (χ2v) is 4.47. The van der Waals surface area contributed by atoms with Crippen LogP contribution in [0, 0.1) is 18.3 Å². The predicted octanol–water partition coefficient (Wildman–Crippen LogP) is 0.987. The van der Waals surface area contributed by atoms with Gasteiger partial charge in [0, 0.05) is 4.90 Å². The molecular formula is C10H11NO2S. The van der Waals surface area contributed by atoms with E-state index >= 15 is 0 Å². The number of hydrogen-bond donors (Lipinski definition) is 1. The molecule has 0 aliphatic heterocycles. The molecule has 14 heavy (non-hydrogen) atoms. The monoisotopic (exact) mass is 209 g/mol. The van der Waals surface area contributed by atoms with Crippen LogP contribution in [-0.2, 0) is 10.8 Å². The van der Waals surface area contributed by atoms with Crippen LogP contribution in [0.5, 0.6) is 0 Å². The Bertz CT molecular complexity index is 367. The Morgan fingerprint density at radius 1 is 1.50 bits per heavy atom. The molecule has 0 saturated heterocycles. The summed E-state index contributed by atoms with van der Waals surface area (Å²) in [6.45, 7) is 1.94. The smallest absolute Gasteiger partial charge is 0.152 e. The maximum atomic E-state index is 11.5. The van der Waals surface area contributed by atoms with Crippen LogP contribution in [0.4, 0.5) is 0 Å². The molecule has 0 radical (unpaired) electrons. The first-order chi connectivity index (χ1) is 6.63. The van der Waals surface area contributed by atoms with E-state index in [9.17, 15) is 4.21 Å². The van der Waals surface area contributed by atoms with E-state index in [-0.39, 0.29) is 5.75 Å². The van der Waals surface area contributed by atoms with Gasteiger partial charge in [0.15, 0.2) is 6.10 Å². The number of aliphatic hydroxyl groups excluding tert-OH is 1. The van der Waals surface area contributed by atoms with E-state index in [0.29, 0.717) is 4.90 Å². The molecule has 0 heterocycles. The van der Waals surface area contributed by atoms with E-state index in [1.165, 1.54) is 0 Å². The highest BCUT2D eigenvalue weighted by molar-refractivity contribution is 7.85. The largest absolute Gasteiger partial charge is 0.377 e. The molecule has 0 spiro atoms. The van der Waals surface area contributed by atoms with Crippen molar-refractivity contribution in [1.82, 2.24) is 0 Å². The summed E-state index contributed by atoms with van der Waals surface area (Å²) in [5, 5.41) is 17.3. The minimum atomic E-state index is -1.29. The van der Waals surface area contributed by atoms with Crippen LogP contribution in [-0.4, -0.2) is 21.2 Å². The fraction of sp³-hybridized carbons (Fsp3) is 0.300. The molecule has 0 saturated carbocycles. The third-order valence-electron chi connectivity index (χ3n) is 1.74. The normalized spacial score (nSPS) is 14.4. The zero-order valence-corrected chi connectivity index (χ0v) is 8.62. The molecule has 1 rings (SSSR count). The molecule has 0 aliphatic rings. The lowest BCUT2D eigenvalue weighted by Crippen LogP contribution is -2.14. The molecule has 74 valence electrons. The molecule has 3 nitrogen and oxygen atoms in total. The van der Waals surface area contributed by atoms with Crippen molar-refractivity contribution in [3.8, 4) is 6.07 Å². The van der Waals surface area contributed by atoms with E-state index in [1.807, 2.05) is 19.1 Å². The Hall–Kier alpha value is -1.18. The van der Waals surface area contributed by atoms with Crippen molar-refractivity contribution in [1.29, 1.82) is 5.26 Å². The van der Waals surface area contributed by atoms with Gasteiger partial charge in [0.2, 0.25) is 0 Å². The number of aryl methyl sites for hydroxylation is 1. The number of nitriles is 1. The van der Waals surface area contributed by atoms with Gasteiger partial charge >= 0.3 is 0 Å². The third kappa shape index (κ3) is 2.95. The molecule has 2 atom stereocenters. The minimum Gasteiger partial charge on any atom is -0.377 e. The standard InChI is InChI=1S/C10H11NO2S/c1-8-2-4-10(5-3-8)14(13)7-9(12)6-11/h2-5,9,12H,7H2,1H3/t9-,14?/m0/s1. The topological polar surface area (TPSA) is 61.1 Å². The third-order valence-corrected chi connectivity index (χ3v) is 3.16. The number of benzene rings is 1. The highest BCUT2D eigenvalue weighted by Crippen LogP contribution is 2.09. The molecule has 0 aliphatic carbocycles. The summed E-state index contributed by atoms with van der Waals surface area (Å²) < 4.78 is 11.5. The summed E-state index contributed by atoms with van der Waals surface area (Å²) in [6.07, 6.45) is -1.16. The second-order valence-electron chi connectivity index (χ2n) is 2.97. The van der Waals surface area contributed by atoms with Gasteiger partial charge in [-0.2, -0.15) is 5.26 Å². The van der Waals surface area contributed by atoms with Crippen LogP contribution in [0.25, 0.3) is 0 Å². The van der Waals surface area contributed by atoms with E-state index in [0.717, 1.165) is 5.56 Å². The van der Waals surface area contributed by atoms with Gasteiger partial charge in [0.05, 0.1) is 22.6 Å². The highest BCUT2D eigenvalue weighted by Gasteiger charge is 2.09. The zero-order chi connectivity index (χ0) is 10.6. The van der Waals surface area contributed by atoms with Gasteiger partial charge in [-0.15, -0.1) is 0 Å². The summed E-state index contributed by atoms with van der Waals surface area (Å²) in [4.78, 5) is 0.643. The minimum absolute atomic E-state index is 0.0282. The first-order valence-corrected chi connectivity index (χ1v) is 5.48. The van der Waals surface area contributed by atoms with Crippen molar-refractivity contribution in [2.75, 3.05) is 5.75 Å². The first kappa shape index (κ1) is 10.9. The quantitative estimate of drug-likeness (QED) is 0.755. The van der Waals surface area contributed by atoms with Gasteiger partial charge in [0.25, 0.3) is 0 Å². The summed E-state index contributed by atoms with van der Waals surface area (Å²) in [7, 11) is -1.29. The van der Waals surface area contributed by atoms with Crippen molar-refractivity contribution < 1.29 is 9.32 Å². The van der Waals surface area contributed by atoms with Gasteiger partial charge in [-0.25, -0.2) is 0 Å². The molecule has 0 fully saturated rings.